The van der Waals surface area contributed by atoms with Crippen molar-refractivity contribution in [3.63, 3.8) is 0 Å². The SMILES string of the molecule is CN1C=C(C(F)F)C(C(=O)O)=CC1. The molecule has 0 amide bonds. The molecule has 0 unspecified atom stereocenters. The van der Waals surface area contributed by atoms with E-state index in [4.69, 9.17) is 5.11 Å². The molecule has 0 saturated heterocycles. The topological polar surface area (TPSA) is 40.5 Å². The summed E-state index contributed by atoms with van der Waals surface area (Å²) in [4.78, 5) is 12.0. The lowest BCUT2D eigenvalue weighted by Gasteiger charge is -2.20. The number of hydrogen-bond acceptors (Lipinski definition) is 2. The molecule has 1 rings (SSSR count). The Morgan fingerprint density at radius 2 is 2.31 bits per heavy atom. The van der Waals surface area contributed by atoms with Gasteiger partial charge in [-0.3, -0.25) is 0 Å². The van der Waals surface area contributed by atoms with Gasteiger partial charge in [0.15, 0.2) is 0 Å². The number of carbonyl (C=O) groups is 1. The third-order valence-electron chi connectivity index (χ3n) is 1.72. The molecule has 0 fully saturated rings. The number of aliphatic carboxylic acids is 1. The van der Waals surface area contributed by atoms with Crippen molar-refractivity contribution >= 4 is 5.97 Å². The number of hydrogen-bond donors (Lipinski definition) is 1. The van der Waals surface area contributed by atoms with Crippen molar-refractivity contribution in [1.29, 1.82) is 0 Å². The highest BCUT2D eigenvalue weighted by Crippen LogP contribution is 2.22. The van der Waals surface area contributed by atoms with Crippen molar-refractivity contribution in [3.8, 4) is 0 Å². The predicted molar refractivity (Wildman–Crippen MR) is 42.4 cm³/mol. The summed E-state index contributed by atoms with van der Waals surface area (Å²) in [5.41, 5.74) is -0.727. The van der Waals surface area contributed by atoms with Gasteiger partial charge in [-0.05, 0) is 0 Å². The van der Waals surface area contributed by atoms with Gasteiger partial charge in [-0.15, -0.1) is 0 Å². The van der Waals surface area contributed by atoms with Crippen LogP contribution < -0.4 is 0 Å². The number of likely N-dealkylation sites (N-methyl/N-ethyl adjacent to an activating group) is 1. The first-order valence-corrected chi connectivity index (χ1v) is 3.66. The fourth-order valence-corrected chi connectivity index (χ4v) is 1.10. The second-order valence-corrected chi connectivity index (χ2v) is 2.75. The summed E-state index contributed by atoms with van der Waals surface area (Å²) >= 11 is 0. The van der Waals surface area contributed by atoms with Crippen molar-refractivity contribution < 1.29 is 18.7 Å². The zero-order chi connectivity index (χ0) is 10.0. The highest BCUT2D eigenvalue weighted by Gasteiger charge is 2.24. The summed E-state index contributed by atoms with van der Waals surface area (Å²) in [6.45, 7) is 0.345. The van der Waals surface area contributed by atoms with Gasteiger partial charge in [0.2, 0.25) is 0 Å². The normalized spacial score (nSPS) is 17.1. The Morgan fingerprint density at radius 3 is 2.77 bits per heavy atom. The summed E-state index contributed by atoms with van der Waals surface area (Å²) in [7, 11) is 1.61. The average molecular weight is 189 g/mol. The molecule has 0 aromatic rings. The Bertz CT molecular complexity index is 284. The van der Waals surface area contributed by atoms with Crippen LogP contribution in [0.2, 0.25) is 0 Å². The van der Waals surface area contributed by atoms with Crippen molar-refractivity contribution in [2.45, 2.75) is 6.43 Å². The van der Waals surface area contributed by atoms with E-state index in [0.29, 0.717) is 6.54 Å². The molecule has 0 saturated carbocycles. The van der Waals surface area contributed by atoms with Crippen molar-refractivity contribution in [2.75, 3.05) is 13.6 Å². The maximum absolute atomic E-state index is 12.3. The highest BCUT2D eigenvalue weighted by atomic mass is 19.3. The fraction of sp³-hybridized carbons (Fsp3) is 0.375. The molecular weight excluding hydrogens is 180 g/mol. The molecule has 5 heteroatoms. The van der Waals surface area contributed by atoms with Gasteiger partial charge in [-0.25, -0.2) is 13.6 Å². The van der Waals surface area contributed by atoms with Gasteiger partial charge in [-0.1, -0.05) is 6.08 Å². The molecule has 0 aliphatic carbocycles. The first-order chi connectivity index (χ1) is 6.02. The van der Waals surface area contributed by atoms with Crippen LogP contribution in [-0.2, 0) is 4.79 Å². The zero-order valence-corrected chi connectivity index (χ0v) is 7.00. The second-order valence-electron chi connectivity index (χ2n) is 2.75. The van der Waals surface area contributed by atoms with E-state index in [1.54, 1.807) is 7.05 Å². The molecule has 0 spiro atoms. The van der Waals surface area contributed by atoms with E-state index in [1.807, 2.05) is 0 Å². The smallest absolute Gasteiger partial charge is 0.335 e. The molecule has 1 N–H and O–H groups in total. The van der Waals surface area contributed by atoms with Gasteiger partial charge in [0.25, 0.3) is 6.43 Å². The first-order valence-electron chi connectivity index (χ1n) is 3.66. The average Bonchev–Trinajstić information content (AvgIpc) is 2.03. The van der Waals surface area contributed by atoms with E-state index in [9.17, 15) is 13.6 Å². The van der Waals surface area contributed by atoms with Crippen LogP contribution in [0.25, 0.3) is 0 Å². The van der Waals surface area contributed by atoms with Crippen LogP contribution in [0.3, 0.4) is 0 Å². The lowest BCUT2D eigenvalue weighted by Crippen LogP contribution is -2.22. The van der Waals surface area contributed by atoms with E-state index in [1.165, 1.54) is 11.0 Å². The molecule has 0 atom stereocenters. The van der Waals surface area contributed by atoms with Crippen molar-refractivity contribution in [1.82, 2.24) is 4.90 Å². The fourth-order valence-electron chi connectivity index (χ4n) is 1.10. The van der Waals surface area contributed by atoms with Crippen LogP contribution in [0.15, 0.2) is 23.4 Å². The summed E-state index contributed by atoms with van der Waals surface area (Å²) in [5.74, 6) is -1.31. The van der Waals surface area contributed by atoms with Crippen molar-refractivity contribution in [2.24, 2.45) is 0 Å². The highest BCUT2D eigenvalue weighted by molar-refractivity contribution is 5.92. The largest absolute Gasteiger partial charge is 0.478 e. The van der Waals surface area contributed by atoms with E-state index in [2.05, 4.69) is 0 Å². The van der Waals surface area contributed by atoms with E-state index < -0.39 is 18.0 Å². The third kappa shape index (κ3) is 2.05. The minimum Gasteiger partial charge on any atom is -0.478 e. The number of rotatable bonds is 2. The summed E-state index contributed by atoms with van der Waals surface area (Å²) in [6.07, 6.45) is -0.303. The Labute approximate surface area is 74.0 Å². The predicted octanol–water partition coefficient (Wildman–Crippen LogP) is 1.09. The van der Waals surface area contributed by atoms with E-state index in [0.717, 1.165) is 6.20 Å². The lowest BCUT2D eigenvalue weighted by molar-refractivity contribution is -0.132. The van der Waals surface area contributed by atoms with Crippen LogP contribution >= 0.6 is 0 Å². The molecule has 0 aromatic heterocycles. The van der Waals surface area contributed by atoms with Gasteiger partial charge in [0.1, 0.15) is 0 Å². The number of nitrogens with zero attached hydrogens (tertiary/aromatic N) is 1. The minimum atomic E-state index is -2.75. The molecule has 1 aliphatic heterocycles. The van der Waals surface area contributed by atoms with Crippen LogP contribution in [0.1, 0.15) is 0 Å². The standard InChI is InChI=1S/C8H9F2NO2/c1-11-3-2-5(8(12)13)6(4-11)7(9)10/h2,4,7H,3H2,1H3,(H,12,13). The molecule has 0 radical (unpaired) electrons. The minimum absolute atomic E-state index is 0.298. The molecule has 0 aromatic carbocycles. The molecule has 1 heterocycles. The Hall–Kier alpha value is -1.39. The van der Waals surface area contributed by atoms with Gasteiger partial charge in [-0.2, -0.15) is 0 Å². The van der Waals surface area contributed by atoms with E-state index >= 15 is 0 Å². The summed E-state index contributed by atoms with van der Waals surface area (Å²) in [6, 6.07) is 0. The number of carboxylic acid groups (broad SMARTS) is 1. The molecule has 3 nitrogen and oxygen atoms in total. The van der Waals surface area contributed by atoms with Crippen molar-refractivity contribution in [3.05, 3.63) is 23.4 Å². The zero-order valence-electron chi connectivity index (χ0n) is 7.00. The number of halogens is 2. The maximum atomic E-state index is 12.3. The summed E-state index contributed by atoms with van der Waals surface area (Å²) in [5, 5.41) is 8.58. The van der Waals surface area contributed by atoms with Crippen LogP contribution in [0, 0.1) is 0 Å². The Balaban J connectivity index is 2.97. The van der Waals surface area contributed by atoms with Gasteiger partial charge in [0.05, 0.1) is 5.57 Å². The molecule has 1 aliphatic rings. The quantitative estimate of drug-likeness (QED) is 0.706. The molecular formula is C8H9F2NO2. The first kappa shape index (κ1) is 9.70. The Kier molecular flexibility index (Phi) is 2.65. The molecule has 13 heavy (non-hydrogen) atoms. The lowest BCUT2D eigenvalue weighted by atomic mass is 10.0. The van der Waals surface area contributed by atoms with Gasteiger partial charge < -0.3 is 10.0 Å². The monoisotopic (exact) mass is 189 g/mol. The summed E-state index contributed by atoms with van der Waals surface area (Å²) < 4.78 is 24.6. The van der Waals surface area contributed by atoms with E-state index in [-0.39, 0.29) is 5.57 Å². The third-order valence-corrected chi connectivity index (χ3v) is 1.72. The molecule has 72 valence electrons. The number of alkyl halides is 2. The second kappa shape index (κ2) is 3.55. The van der Waals surface area contributed by atoms with Crippen LogP contribution in [0.4, 0.5) is 8.78 Å². The van der Waals surface area contributed by atoms with Crippen LogP contribution in [0.5, 0.6) is 0 Å². The Morgan fingerprint density at radius 1 is 1.69 bits per heavy atom. The maximum Gasteiger partial charge on any atom is 0.335 e. The number of carboxylic acids is 1. The van der Waals surface area contributed by atoms with Gasteiger partial charge >= 0.3 is 5.97 Å². The van der Waals surface area contributed by atoms with Gasteiger partial charge in [0, 0.05) is 25.4 Å². The van der Waals surface area contributed by atoms with Crippen LogP contribution in [-0.4, -0.2) is 36.0 Å². The molecule has 0 bridgehead atoms.